The van der Waals surface area contributed by atoms with Crippen LogP contribution in [-0.2, 0) is 10.0 Å². The molecule has 13 heavy (non-hydrogen) atoms. The second-order valence-electron chi connectivity index (χ2n) is 3.65. The van der Waals surface area contributed by atoms with Gasteiger partial charge in [-0.05, 0) is 38.3 Å². The lowest BCUT2D eigenvalue weighted by Gasteiger charge is -2.22. The minimum atomic E-state index is -2.99. The summed E-state index contributed by atoms with van der Waals surface area (Å²) in [5.74, 6) is 0.690. The number of nitrogens with one attached hydrogen (secondary N) is 2. The van der Waals surface area contributed by atoms with Crippen molar-refractivity contribution in [3.8, 4) is 0 Å². The molecule has 0 unspecified atom stereocenters. The van der Waals surface area contributed by atoms with Crippen molar-refractivity contribution in [3.63, 3.8) is 0 Å². The van der Waals surface area contributed by atoms with Crippen molar-refractivity contribution < 1.29 is 8.42 Å². The lowest BCUT2D eigenvalue weighted by molar-refractivity contribution is 0.355. The topological polar surface area (TPSA) is 58.2 Å². The molecule has 1 heterocycles. The predicted molar refractivity (Wildman–Crippen MR) is 53.1 cm³/mol. The average molecular weight is 206 g/mol. The van der Waals surface area contributed by atoms with Gasteiger partial charge in [0.2, 0.25) is 10.0 Å². The molecule has 78 valence electrons. The normalized spacial score (nSPS) is 20.4. The first-order chi connectivity index (χ1) is 6.08. The van der Waals surface area contributed by atoms with Gasteiger partial charge >= 0.3 is 0 Å². The molecular formula is C8H18N2O2S. The lowest BCUT2D eigenvalue weighted by atomic mass is 9.95. The summed E-state index contributed by atoms with van der Waals surface area (Å²) >= 11 is 0. The summed E-state index contributed by atoms with van der Waals surface area (Å²) in [6.07, 6.45) is 4.51. The van der Waals surface area contributed by atoms with Crippen LogP contribution in [0.25, 0.3) is 0 Å². The molecule has 0 aliphatic carbocycles. The first-order valence-electron chi connectivity index (χ1n) is 4.73. The Hall–Kier alpha value is -0.130. The van der Waals surface area contributed by atoms with E-state index >= 15 is 0 Å². The van der Waals surface area contributed by atoms with Crippen molar-refractivity contribution in [3.05, 3.63) is 0 Å². The molecule has 0 saturated carbocycles. The smallest absolute Gasteiger partial charge is 0.208 e. The minimum absolute atomic E-state index is 0.587. The van der Waals surface area contributed by atoms with Gasteiger partial charge < -0.3 is 5.32 Å². The van der Waals surface area contributed by atoms with Crippen molar-refractivity contribution in [2.45, 2.75) is 19.3 Å². The SMILES string of the molecule is CS(=O)(=O)NCCC1CCNCC1. The fourth-order valence-corrected chi connectivity index (χ4v) is 2.11. The Bertz CT molecular complexity index is 233. The quantitative estimate of drug-likeness (QED) is 0.677. The van der Waals surface area contributed by atoms with Crippen molar-refractivity contribution in [2.24, 2.45) is 5.92 Å². The Morgan fingerprint density at radius 2 is 2.00 bits per heavy atom. The van der Waals surface area contributed by atoms with E-state index in [1.54, 1.807) is 0 Å². The van der Waals surface area contributed by atoms with E-state index in [2.05, 4.69) is 10.0 Å². The third kappa shape index (κ3) is 5.23. The van der Waals surface area contributed by atoms with Gasteiger partial charge in [-0.1, -0.05) is 0 Å². The molecule has 0 aromatic heterocycles. The van der Waals surface area contributed by atoms with Crippen LogP contribution in [0.5, 0.6) is 0 Å². The number of hydrogen-bond donors (Lipinski definition) is 2. The van der Waals surface area contributed by atoms with E-state index in [9.17, 15) is 8.42 Å². The fraction of sp³-hybridized carbons (Fsp3) is 1.00. The Balaban J connectivity index is 2.11. The van der Waals surface area contributed by atoms with Gasteiger partial charge in [-0.15, -0.1) is 0 Å². The van der Waals surface area contributed by atoms with Gasteiger partial charge in [0.15, 0.2) is 0 Å². The Morgan fingerprint density at radius 1 is 1.38 bits per heavy atom. The van der Waals surface area contributed by atoms with E-state index in [0.717, 1.165) is 19.5 Å². The number of rotatable bonds is 4. The van der Waals surface area contributed by atoms with Gasteiger partial charge in [-0.2, -0.15) is 0 Å². The second-order valence-corrected chi connectivity index (χ2v) is 5.48. The third-order valence-electron chi connectivity index (χ3n) is 2.38. The standard InChI is InChI=1S/C8H18N2O2S/c1-13(11,12)10-7-4-8-2-5-9-6-3-8/h8-10H,2-7H2,1H3. The molecule has 0 amide bonds. The van der Waals surface area contributed by atoms with Crippen molar-refractivity contribution in [1.82, 2.24) is 10.0 Å². The fourth-order valence-electron chi connectivity index (χ4n) is 1.62. The summed E-state index contributed by atoms with van der Waals surface area (Å²) in [5.41, 5.74) is 0. The van der Waals surface area contributed by atoms with Crippen LogP contribution in [0.2, 0.25) is 0 Å². The monoisotopic (exact) mass is 206 g/mol. The molecule has 5 heteroatoms. The van der Waals surface area contributed by atoms with Crippen molar-refractivity contribution >= 4 is 10.0 Å². The van der Waals surface area contributed by atoms with Crippen LogP contribution in [0.3, 0.4) is 0 Å². The van der Waals surface area contributed by atoms with Crippen LogP contribution >= 0.6 is 0 Å². The second kappa shape index (κ2) is 4.93. The van der Waals surface area contributed by atoms with Gasteiger partial charge in [0.1, 0.15) is 0 Å². The molecule has 1 aliphatic heterocycles. The Kier molecular flexibility index (Phi) is 4.15. The van der Waals surface area contributed by atoms with Crippen LogP contribution in [0, 0.1) is 5.92 Å². The van der Waals surface area contributed by atoms with E-state index in [1.165, 1.54) is 19.1 Å². The summed E-state index contributed by atoms with van der Waals surface area (Å²) in [6, 6.07) is 0. The Labute approximate surface area is 80.1 Å². The van der Waals surface area contributed by atoms with Crippen LogP contribution in [0.1, 0.15) is 19.3 Å². The molecule has 4 nitrogen and oxygen atoms in total. The summed E-state index contributed by atoms with van der Waals surface area (Å²) in [5, 5.41) is 3.28. The van der Waals surface area contributed by atoms with Crippen LogP contribution in [-0.4, -0.2) is 34.3 Å². The summed E-state index contributed by atoms with van der Waals surface area (Å²) in [7, 11) is -2.99. The first-order valence-corrected chi connectivity index (χ1v) is 6.62. The summed E-state index contributed by atoms with van der Waals surface area (Å²) < 4.78 is 24.0. The lowest BCUT2D eigenvalue weighted by Crippen LogP contribution is -2.31. The van der Waals surface area contributed by atoms with Crippen LogP contribution in [0.15, 0.2) is 0 Å². The highest BCUT2D eigenvalue weighted by atomic mass is 32.2. The van der Waals surface area contributed by atoms with Gasteiger partial charge in [0.05, 0.1) is 6.26 Å². The zero-order chi connectivity index (χ0) is 9.73. The van der Waals surface area contributed by atoms with Crippen LogP contribution in [0.4, 0.5) is 0 Å². The van der Waals surface area contributed by atoms with Gasteiger partial charge in [0, 0.05) is 6.54 Å². The maximum Gasteiger partial charge on any atom is 0.208 e. The van der Waals surface area contributed by atoms with E-state index in [4.69, 9.17) is 0 Å². The summed E-state index contributed by atoms with van der Waals surface area (Å²) in [6.45, 7) is 2.73. The zero-order valence-corrected chi connectivity index (χ0v) is 8.86. The summed E-state index contributed by atoms with van der Waals surface area (Å²) in [4.78, 5) is 0. The predicted octanol–water partition coefficient (Wildman–Crippen LogP) is -0.0747. The molecule has 0 atom stereocenters. The highest BCUT2D eigenvalue weighted by Crippen LogP contribution is 2.14. The zero-order valence-electron chi connectivity index (χ0n) is 8.04. The van der Waals surface area contributed by atoms with Gasteiger partial charge in [-0.25, -0.2) is 13.1 Å². The molecule has 0 aromatic carbocycles. The van der Waals surface area contributed by atoms with Crippen LogP contribution < -0.4 is 10.0 Å². The van der Waals surface area contributed by atoms with Crippen molar-refractivity contribution in [2.75, 3.05) is 25.9 Å². The highest BCUT2D eigenvalue weighted by molar-refractivity contribution is 7.88. The third-order valence-corrected chi connectivity index (χ3v) is 3.10. The number of hydrogen-bond acceptors (Lipinski definition) is 3. The molecule has 1 rings (SSSR count). The first kappa shape index (κ1) is 10.9. The van der Waals surface area contributed by atoms with E-state index in [-0.39, 0.29) is 0 Å². The van der Waals surface area contributed by atoms with E-state index in [0.29, 0.717) is 12.5 Å². The maximum absolute atomic E-state index is 10.7. The molecule has 0 spiro atoms. The molecule has 1 aliphatic rings. The van der Waals surface area contributed by atoms with E-state index in [1.807, 2.05) is 0 Å². The molecule has 0 bridgehead atoms. The molecule has 1 fully saturated rings. The Morgan fingerprint density at radius 3 is 2.54 bits per heavy atom. The van der Waals surface area contributed by atoms with Gasteiger partial charge in [-0.3, -0.25) is 0 Å². The number of sulfonamides is 1. The molecule has 1 saturated heterocycles. The number of piperidine rings is 1. The highest BCUT2D eigenvalue weighted by Gasteiger charge is 2.12. The maximum atomic E-state index is 10.7. The molecule has 0 radical (unpaired) electrons. The average Bonchev–Trinajstić information content (AvgIpc) is 2.04. The van der Waals surface area contributed by atoms with E-state index < -0.39 is 10.0 Å². The molecule has 0 aromatic rings. The largest absolute Gasteiger partial charge is 0.317 e. The minimum Gasteiger partial charge on any atom is -0.317 e. The molecule has 2 N–H and O–H groups in total. The van der Waals surface area contributed by atoms with Gasteiger partial charge in [0.25, 0.3) is 0 Å². The van der Waals surface area contributed by atoms with Crippen molar-refractivity contribution in [1.29, 1.82) is 0 Å². The molecular weight excluding hydrogens is 188 g/mol.